The number of aromatic nitrogens is 3. The first-order chi connectivity index (χ1) is 15.7. The molecule has 4 rings (SSSR count). The summed E-state index contributed by atoms with van der Waals surface area (Å²) in [4.78, 5) is 12.6. The second kappa shape index (κ2) is 10.3. The van der Waals surface area contributed by atoms with Gasteiger partial charge in [0.05, 0.1) is 28.8 Å². The van der Waals surface area contributed by atoms with Crippen LogP contribution in [0.25, 0.3) is 17.1 Å². The third-order valence-electron chi connectivity index (χ3n) is 4.55. The number of rotatable bonds is 8. The van der Waals surface area contributed by atoms with Crippen LogP contribution in [0.5, 0.6) is 5.75 Å². The van der Waals surface area contributed by atoms with E-state index in [1.165, 1.54) is 11.8 Å². The number of ether oxygens (including phenoxy) is 1. The fraction of sp³-hybridized carbons (Fsp3) is 0.125. The first kappa shape index (κ1) is 21.9. The maximum atomic E-state index is 12.6. The molecule has 0 atom stereocenters. The van der Waals surface area contributed by atoms with Crippen molar-refractivity contribution in [2.45, 2.75) is 12.1 Å². The summed E-state index contributed by atoms with van der Waals surface area (Å²) in [6, 6.07) is 24.7. The maximum absolute atomic E-state index is 12.6. The van der Waals surface area contributed by atoms with Crippen molar-refractivity contribution in [3.63, 3.8) is 0 Å². The Labute approximate surface area is 195 Å². The molecule has 0 unspecified atom stereocenters. The van der Waals surface area contributed by atoms with Crippen molar-refractivity contribution in [3.8, 4) is 22.8 Å². The number of hydrogen-bond donors (Lipinski definition) is 1. The predicted molar refractivity (Wildman–Crippen MR) is 129 cm³/mol. The Hall–Kier alpha value is -3.29. The van der Waals surface area contributed by atoms with E-state index >= 15 is 0 Å². The van der Waals surface area contributed by atoms with E-state index < -0.39 is 0 Å². The lowest BCUT2D eigenvalue weighted by molar-refractivity contribution is -0.113. The molecule has 1 heterocycles. The van der Waals surface area contributed by atoms with E-state index in [9.17, 15) is 4.79 Å². The van der Waals surface area contributed by atoms with Crippen LogP contribution in [0.2, 0.25) is 5.02 Å². The minimum Gasteiger partial charge on any atom is -0.492 e. The third-order valence-corrected chi connectivity index (χ3v) is 5.81. The molecule has 32 heavy (non-hydrogen) atoms. The summed E-state index contributed by atoms with van der Waals surface area (Å²) < 4.78 is 7.77. The summed E-state index contributed by atoms with van der Waals surface area (Å²) >= 11 is 7.44. The fourth-order valence-corrected chi connectivity index (χ4v) is 4.08. The van der Waals surface area contributed by atoms with E-state index in [0.717, 1.165) is 11.3 Å². The Bertz CT molecular complexity index is 1210. The number of anilines is 1. The quantitative estimate of drug-likeness (QED) is 0.338. The van der Waals surface area contributed by atoms with Gasteiger partial charge in [0, 0.05) is 5.56 Å². The largest absolute Gasteiger partial charge is 0.492 e. The summed E-state index contributed by atoms with van der Waals surface area (Å²) in [6.07, 6.45) is 0. The lowest BCUT2D eigenvalue weighted by Crippen LogP contribution is -2.15. The van der Waals surface area contributed by atoms with Crippen LogP contribution < -0.4 is 10.1 Å². The lowest BCUT2D eigenvalue weighted by atomic mass is 10.2. The Morgan fingerprint density at radius 2 is 1.72 bits per heavy atom. The van der Waals surface area contributed by atoms with Gasteiger partial charge in [-0.3, -0.25) is 9.36 Å². The Kier molecular flexibility index (Phi) is 7.09. The lowest BCUT2D eigenvalue weighted by Gasteiger charge is -2.15. The van der Waals surface area contributed by atoms with E-state index in [0.29, 0.717) is 34.0 Å². The zero-order chi connectivity index (χ0) is 22.3. The number of benzene rings is 3. The molecule has 4 aromatic rings. The van der Waals surface area contributed by atoms with Crippen LogP contribution in [-0.4, -0.2) is 33.0 Å². The van der Waals surface area contributed by atoms with Gasteiger partial charge in [-0.05, 0) is 31.2 Å². The second-order valence-electron chi connectivity index (χ2n) is 6.73. The highest BCUT2D eigenvalue weighted by atomic mass is 35.5. The zero-order valence-corrected chi connectivity index (χ0v) is 18.9. The third kappa shape index (κ3) is 4.95. The van der Waals surface area contributed by atoms with Crippen LogP contribution in [0.4, 0.5) is 5.69 Å². The maximum Gasteiger partial charge on any atom is 0.234 e. The van der Waals surface area contributed by atoms with E-state index in [4.69, 9.17) is 16.3 Å². The monoisotopic (exact) mass is 464 g/mol. The van der Waals surface area contributed by atoms with Crippen LogP contribution >= 0.6 is 23.4 Å². The van der Waals surface area contributed by atoms with Gasteiger partial charge >= 0.3 is 0 Å². The van der Waals surface area contributed by atoms with Crippen LogP contribution in [0.1, 0.15) is 6.92 Å². The summed E-state index contributed by atoms with van der Waals surface area (Å²) in [5, 5.41) is 12.7. The predicted octanol–water partition coefficient (Wildman–Crippen LogP) is 5.72. The van der Waals surface area contributed by atoms with Crippen molar-refractivity contribution < 1.29 is 9.53 Å². The molecule has 1 aromatic heterocycles. The van der Waals surface area contributed by atoms with E-state index in [1.807, 2.05) is 78.2 Å². The number of nitrogens with one attached hydrogen (secondary N) is 1. The highest BCUT2D eigenvalue weighted by Gasteiger charge is 2.20. The number of amides is 1. The van der Waals surface area contributed by atoms with Gasteiger partial charge in [-0.2, -0.15) is 0 Å². The number of hydrogen-bond acceptors (Lipinski definition) is 5. The van der Waals surface area contributed by atoms with Gasteiger partial charge in [0.25, 0.3) is 0 Å². The molecule has 0 radical (unpaired) electrons. The van der Waals surface area contributed by atoms with Crippen molar-refractivity contribution in [2.75, 3.05) is 17.7 Å². The van der Waals surface area contributed by atoms with Crippen molar-refractivity contribution in [1.82, 2.24) is 14.8 Å². The minimum absolute atomic E-state index is 0.148. The Balaban J connectivity index is 1.65. The van der Waals surface area contributed by atoms with Gasteiger partial charge in [-0.25, -0.2) is 0 Å². The Morgan fingerprint density at radius 3 is 2.50 bits per heavy atom. The molecule has 0 aliphatic carbocycles. The average Bonchev–Trinajstić information content (AvgIpc) is 3.24. The molecule has 0 aliphatic rings. The zero-order valence-electron chi connectivity index (χ0n) is 17.4. The summed E-state index contributed by atoms with van der Waals surface area (Å²) in [5.41, 5.74) is 2.30. The fourth-order valence-electron chi connectivity index (χ4n) is 3.15. The molecule has 0 saturated heterocycles. The SMILES string of the molecule is CCOc1ccccc1-n1c(SCC(=O)Nc2ccccc2Cl)nnc1-c1ccccc1. The number of para-hydroxylation sites is 3. The molecule has 0 aliphatic heterocycles. The number of halogens is 1. The molecular weight excluding hydrogens is 444 g/mol. The van der Waals surface area contributed by atoms with Gasteiger partial charge in [-0.1, -0.05) is 78.0 Å². The molecule has 8 heteroatoms. The average molecular weight is 465 g/mol. The van der Waals surface area contributed by atoms with E-state index in [2.05, 4.69) is 15.5 Å². The number of carbonyl (C=O) groups is 1. The van der Waals surface area contributed by atoms with Gasteiger partial charge in [-0.15, -0.1) is 10.2 Å². The first-order valence-electron chi connectivity index (χ1n) is 10.1. The van der Waals surface area contributed by atoms with Crippen molar-refractivity contribution in [2.24, 2.45) is 0 Å². The Morgan fingerprint density at radius 1 is 1.00 bits per heavy atom. The van der Waals surface area contributed by atoms with E-state index in [-0.39, 0.29) is 11.7 Å². The normalized spacial score (nSPS) is 10.7. The van der Waals surface area contributed by atoms with Crippen molar-refractivity contribution in [3.05, 3.63) is 83.9 Å². The smallest absolute Gasteiger partial charge is 0.234 e. The highest BCUT2D eigenvalue weighted by Crippen LogP contribution is 2.32. The molecule has 0 bridgehead atoms. The molecular formula is C24H21ClN4O2S. The summed E-state index contributed by atoms with van der Waals surface area (Å²) in [6.45, 7) is 2.47. The molecule has 1 amide bonds. The highest BCUT2D eigenvalue weighted by molar-refractivity contribution is 7.99. The van der Waals surface area contributed by atoms with Gasteiger partial charge in [0.2, 0.25) is 5.91 Å². The standard InChI is InChI=1S/C24H21ClN4O2S/c1-2-31-21-15-9-8-14-20(21)29-23(17-10-4-3-5-11-17)27-28-24(29)32-16-22(30)26-19-13-7-6-12-18(19)25/h3-15H,2,16H2,1H3,(H,26,30). The second-order valence-corrected chi connectivity index (χ2v) is 8.07. The number of thioether (sulfide) groups is 1. The summed E-state index contributed by atoms with van der Waals surface area (Å²) in [7, 11) is 0. The van der Waals surface area contributed by atoms with Crippen molar-refractivity contribution >= 4 is 35.0 Å². The van der Waals surface area contributed by atoms with Crippen LogP contribution in [0.3, 0.4) is 0 Å². The van der Waals surface area contributed by atoms with Crippen LogP contribution in [-0.2, 0) is 4.79 Å². The molecule has 6 nitrogen and oxygen atoms in total. The number of carbonyl (C=O) groups excluding carboxylic acids is 1. The van der Waals surface area contributed by atoms with Crippen LogP contribution in [0.15, 0.2) is 84.0 Å². The molecule has 0 saturated carbocycles. The van der Waals surface area contributed by atoms with Crippen molar-refractivity contribution in [1.29, 1.82) is 0 Å². The van der Waals surface area contributed by atoms with Gasteiger partial charge in [0.15, 0.2) is 11.0 Å². The number of nitrogens with zero attached hydrogens (tertiary/aromatic N) is 3. The van der Waals surface area contributed by atoms with Crippen LogP contribution in [0, 0.1) is 0 Å². The van der Waals surface area contributed by atoms with Gasteiger partial charge < -0.3 is 10.1 Å². The molecule has 1 N–H and O–H groups in total. The first-order valence-corrected chi connectivity index (χ1v) is 11.4. The topological polar surface area (TPSA) is 69.0 Å². The van der Waals surface area contributed by atoms with Gasteiger partial charge in [0.1, 0.15) is 5.75 Å². The molecule has 0 spiro atoms. The molecule has 162 valence electrons. The van der Waals surface area contributed by atoms with E-state index in [1.54, 1.807) is 12.1 Å². The summed E-state index contributed by atoms with van der Waals surface area (Å²) in [5.74, 6) is 1.35. The molecule has 3 aromatic carbocycles. The molecule has 0 fully saturated rings. The minimum atomic E-state index is -0.183.